The number of nitrogens with zero attached hydrogens (tertiary/aromatic N) is 1. The highest BCUT2D eigenvalue weighted by molar-refractivity contribution is 7.89. The summed E-state index contributed by atoms with van der Waals surface area (Å²) in [5.74, 6) is -0.644. The number of carbonyl (C=O) groups is 2. The molecule has 0 radical (unpaired) electrons. The molecule has 2 aliphatic rings. The smallest absolute Gasteiger partial charge is 0.309 e. The van der Waals surface area contributed by atoms with E-state index in [0.717, 1.165) is 19.3 Å². The lowest BCUT2D eigenvalue weighted by Gasteiger charge is -2.32. The minimum Gasteiger partial charge on any atom is -0.452 e. The van der Waals surface area contributed by atoms with E-state index in [0.29, 0.717) is 18.8 Å². The number of piperidine rings is 1. The molecular weight excluding hydrogens is 404 g/mol. The maximum Gasteiger partial charge on any atom is 0.309 e. The molecule has 8 heteroatoms. The van der Waals surface area contributed by atoms with Crippen LogP contribution in [-0.2, 0) is 24.3 Å². The number of ether oxygens (including phenoxy) is 1. The van der Waals surface area contributed by atoms with Gasteiger partial charge in [0.2, 0.25) is 10.0 Å². The van der Waals surface area contributed by atoms with Gasteiger partial charge >= 0.3 is 5.97 Å². The zero-order valence-corrected chi connectivity index (χ0v) is 18.6. The van der Waals surface area contributed by atoms with E-state index in [1.54, 1.807) is 37.3 Å². The van der Waals surface area contributed by atoms with Crippen molar-refractivity contribution in [3.63, 3.8) is 0 Å². The van der Waals surface area contributed by atoms with Crippen LogP contribution >= 0.6 is 0 Å². The summed E-state index contributed by atoms with van der Waals surface area (Å²) in [7, 11) is -3.55. The zero-order valence-electron chi connectivity index (χ0n) is 17.7. The number of carbonyl (C=O) groups excluding carboxylic acids is 2. The van der Waals surface area contributed by atoms with Crippen molar-refractivity contribution in [3.8, 4) is 0 Å². The van der Waals surface area contributed by atoms with Crippen LogP contribution in [-0.4, -0.2) is 49.8 Å². The highest BCUT2D eigenvalue weighted by Gasteiger charge is 2.34. The predicted molar refractivity (Wildman–Crippen MR) is 113 cm³/mol. The van der Waals surface area contributed by atoms with Gasteiger partial charge in [0, 0.05) is 19.1 Å². The number of esters is 1. The maximum atomic E-state index is 12.7. The van der Waals surface area contributed by atoms with Gasteiger partial charge in [-0.1, -0.05) is 38.0 Å². The lowest BCUT2D eigenvalue weighted by molar-refractivity contribution is -0.160. The molecule has 0 spiro atoms. The van der Waals surface area contributed by atoms with Crippen molar-refractivity contribution in [2.75, 3.05) is 13.1 Å². The zero-order chi connectivity index (χ0) is 21.7. The molecule has 3 rings (SSSR count). The highest BCUT2D eigenvalue weighted by atomic mass is 32.2. The summed E-state index contributed by atoms with van der Waals surface area (Å²) >= 11 is 0. The van der Waals surface area contributed by atoms with Crippen LogP contribution in [0.25, 0.3) is 0 Å². The second-order valence-electron chi connectivity index (χ2n) is 8.45. The van der Waals surface area contributed by atoms with Gasteiger partial charge in [0.05, 0.1) is 10.8 Å². The molecule has 0 aromatic heterocycles. The maximum absolute atomic E-state index is 12.7. The van der Waals surface area contributed by atoms with Crippen LogP contribution in [0.5, 0.6) is 0 Å². The molecule has 166 valence electrons. The van der Waals surface area contributed by atoms with Crippen molar-refractivity contribution in [3.05, 3.63) is 30.3 Å². The molecular formula is C22H32N2O5S. The average Bonchev–Trinajstić information content (AvgIpc) is 2.76. The molecule has 3 atom stereocenters. The average molecular weight is 437 g/mol. The molecule has 30 heavy (non-hydrogen) atoms. The Morgan fingerprint density at radius 3 is 2.33 bits per heavy atom. The summed E-state index contributed by atoms with van der Waals surface area (Å²) in [6.07, 6.45) is 4.28. The third kappa shape index (κ3) is 5.40. The van der Waals surface area contributed by atoms with Crippen molar-refractivity contribution >= 4 is 21.9 Å². The second kappa shape index (κ2) is 9.92. The van der Waals surface area contributed by atoms with Gasteiger partial charge in [0.1, 0.15) is 0 Å². The number of hydrogen-bond acceptors (Lipinski definition) is 5. The molecule has 1 aliphatic heterocycles. The standard InChI is InChI=1S/C22H32N2O5S/c1-16-8-6-7-11-20(16)23-21(25)17(2)29-22(26)18-12-14-24(15-13-18)30(27,28)19-9-4-3-5-10-19/h3-5,9-10,16-18,20H,6-8,11-15H2,1-2H3,(H,23,25). The van der Waals surface area contributed by atoms with Gasteiger partial charge in [-0.15, -0.1) is 0 Å². The van der Waals surface area contributed by atoms with E-state index in [1.807, 2.05) is 0 Å². The van der Waals surface area contributed by atoms with Gasteiger partial charge in [-0.3, -0.25) is 9.59 Å². The third-order valence-electron chi connectivity index (χ3n) is 6.27. The number of nitrogens with one attached hydrogen (secondary N) is 1. The quantitative estimate of drug-likeness (QED) is 0.692. The molecule has 1 aromatic carbocycles. The first-order valence-electron chi connectivity index (χ1n) is 10.8. The number of benzene rings is 1. The summed E-state index contributed by atoms with van der Waals surface area (Å²) in [6.45, 7) is 4.25. The SMILES string of the molecule is CC(OC(=O)C1CCN(S(=O)(=O)c2ccccc2)CC1)C(=O)NC1CCCCC1C. The number of sulfonamides is 1. The molecule has 0 bridgehead atoms. The van der Waals surface area contributed by atoms with Gasteiger partial charge < -0.3 is 10.1 Å². The van der Waals surface area contributed by atoms with Crippen molar-refractivity contribution in [2.45, 2.75) is 69.4 Å². The van der Waals surface area contributed by atoms with E-state index in [-0.39, 0.29) is 29.9 Å². The normalized spacial score (nSPS) is 24.7. The fourth-order valence-corrected chi connectivity index (χ4v) is 5.72. The number of hydrogen-bond donors (Lipinski definition) is 1. The molecule has 1 aromatic rings. The van der Waals surface area contributed by atoms with Crippen molar-refractivity contribution in [1.29, 1.82) is 0 Å². The van der Waals surface area contributed by atoms with Gasteiger partial charge in [0.15, 0.2) is 6.10 Å². The summed E-state index contributed by atoms with van der Waals surface area (Å²) in [5, 5.41) is 3.02. The summed E-state index contributed by atoms with van der Waals surface area (Å²) in [5.41, 5.74) is 0. The monoisotopic (exact) mass is 436 g/mol. The lowest BCUT2D eigenvalue weighted by Crippen LogP contribution is -2.47. The molecule has 2 fully saturated rings. The fourth-order valence-electron chi connectivity index (χ4n) is 4.23. The topological polar surface area (TPSA) is 92.8 Å². The van der Waals surface area contributed by atoms with Crippen LogP contribution < -0.4 is 5.32 Å². The highest BCUT2D eigenvalue weighted by Crippen LogP contribution is 2.26. The Kier molecular flexibility index (Phi) is 7.52. The van der Waals surface area contributed by atoms with Crippen LogP contribution in [0.2, 0.25) is 0 Å². The van der Waals surface area contributed by atoms with Crippen LogP contribution in [0.3, 0.4) is 0 Å². The first-order chi connectivity index (χ1) is 14.3. The predicted octanol–water partition coefficient (Wildman–Crippen LogP) is 2.71. The minimum atomic E-state index is -3.55. The van der Waals surface area contributed by atoms with Crippen molar-refractivity contribution in [1.82, 2.24) is 9.62 Å². The summed E-state index contributed by atoms with van der Waals surface area (Å²) in [6, 6.07) is 8.44. The first kappa shape index (κ1) is 22.7. The van der Waals surface area contributed by atoms with E-state index in [1.165, 1.54) is 10.7 Å². The van der Waals surface area contributed by atoms with Crippen LogP contribution in [0.15, 0.2) is 35.2 Å². The Morgan fingerprint density at radius 1 is 1.07 bits per heavy atom. The Balaban J connectivity index is 1.48. The Labute approximate surface area is 179 Å². The van der Waals surface area contributed by atoms with E-state index in [4.69, 9.17) is 4.74 Å². The van der Waals surface area contributed by atoms with Gasteiger partial charge in [-0.25, -0.2) is 8.42 Å². The van der Waals surface area contributed by atoms with E-state index in [9.17, 15) is 18.0 Å². The van der Waals surface area contributed by atoms with Gasteiger partial charge in [0.25, 0.3) is 5.91 Å². The fraction of sp³-hybridized carbons (Fsp3) is 0.636. The molecule has 1 saturated heterocycles. The van der Waals surface area contributed by atoms with Crippen LogP contribution in [0, 0.1) is 11.8 Å². The summed E-state index contributed by atoms with van der Waals surface area (Å²) < 4.78 is 32.2. The molecule has 1 saturated carbocycles. The van der Waals surface area contributed by atoms with Crippen LogP contribution in [0.4, 0.5) is 0 Å². The largest absolute Gasteiger partial charge is 0.452 e. The van der Waals surface area contributed by atoms with Gasteiger partial charge in [-0.05, 0) is 50.7 Å². The minimum absolute atomic E-state index is 0.138. The number of amides is 1. The van der Waals surface area contributed by atoms with Gasteiger partial charge in [-0.2, -0.15) is 4.31 Å². The number of rotatable bonds is 6. The molecule has 3 unspecified atom stereocenters. The molecule has 1 N–H and O–H groups in total. The Morgan fingerprint density at radius 2 is 1.70 bits per heavy atom. The Bertz CT molecular complexity index is 834. The molecule has 7 nitrogen and oxygen atoms in total. The Hall–Kier alpha value is -1.93. The van der Waals surface area contributed by atoms with Crippen molar-refractivity contribution < 1.29 is 22.7 Å². The van der Waals surface area contributed by atoms with E-state index >= 15 is 0 Å². The molecule has 1 amide bonds. The summed E-state index contributed by atoms with van der Waals surface area (Å²) in [4.78, 5) is 25.2. The van der Waals surface area contributed by atoms with E-state index < -0.39 is 28.0 Å². The lowest BCUT2D eigenvalue weighted by atomic mass is 9.86. The molecule has 1 aliphatic carbocycles. The molecule has 1 heterocycles. The van der Waals surface area contributed by atoms with Crippen LogP contribution in [0.1, 0.15) is 52.4 Å². The second-order valence-corrected chi connectivity index (χ2v) is 10.4. The first-order valence-corrected chi connectivity index (χ1v) is 12.3. The van der Waals surface area contributed by atoms with Crippen molar-refractivity contribution in [2.24, 2.45) is 11.8 Å². The third-order valence-corrected chi connectivity index (χ3v) is 8.18. The van der Waals surface area contributed by atoms with E-state index in [2.05, 4.69) is 12.2 Å².